The van der Waals surface area contributed by atoms with Crippen LogP contribution in [-0.4, -0.2) is 52.8 Å². The molecule has 0 spiro atoms. The highest BCUT2D eigenvalue weighted by Gasteiger charge is 2.53. The molecule has 3 N–H and O–H groups in total. The van der Waals surface area contributed by atoms with Crippen molar-refractivity contribution in [1.82, 2.24) is 0 Å². The number of fused-ring (bicyclic) bond motifs is 3. The topological polar surface area (TPSA) is 105 Å². The van der Waals surface area contributed by atoms with Crippen LogP contribution < -0.4 is 4.74 Å². The maximum absolute atomic E-state index is 13.2. The molecule has 6 unspecified atom stereocenters. The Balaban J connectivity index is 1.80. The number of hydrogen-bond donors (Lipinski definition) is 3. The maximum atomic E-state index is 13.2. The third-order valence-corrected chi connectivity index (χ3v) is 5.43. The van der Waals surface area contributed by atoms with Gasteiger partial charge in [-0.2, -0.15) is 0 Å². The fourth-order valence-electron chi connectivity index (χ4n) is 4.06. The number of aliphatic hydroxyl groups excluding tert-OH is 2. The van der Waals surface area contributed by atoms with Gasteiger partial charge in [-0.05, 0) is 12.1 Å². The van der Waals surface area contributed by atoms with Gasteiger partial charge in [-0.25, -0.2) is 0 Å². The highest BCUT2D eigenvalue weighted by Crippen LogP contribution is 2.47. The Morgan fingerprint density at radius 1 is 1.24 bits per heavy atom. The fourth-order valence-corrected chi connectivity index (χ4v) is 4.06. The second-order valence-corrected chi connectivity index (χ2v) is 6.80. The largest absolute Gasteiger partial charge is 0.508 e. The highest BCUT2D eigenvalue weighted by atomic mass is 16.6. The van der Waals surface area contributed by atoms with Crippen molar-refractivity contribution < 1.29 is 34.3 Å². The fraction of sp³-hybridized carbons (Fsp3) is 0.500. The minimum absolute atomic E-state index is 0.0358. The third kappa shape index (κ3) is 2.34. The van der Waals surface area contributed by atoms with Gasteiger partial charge in [0.1, 0.15) is 17.6 Å². The molecule has 2 heterocycles. The number of phenolic OH excluding ortho intramolecular Hbond substituents is 1. The van der Waals surface area contributed by atoms with Gasteiger partial charge in [-0.3, -0.25) is 4.79 Å². The summed E-state index contributed by atoms with van der Waals surface area (Å²) >= 11 is 0. The van der Waals surface area contributed by atoms with E-state index in [9.17, 15) is 20.1 Å². The van der Waals surface area contributed by atoms with Crippen molar-refractivity contribution in [2.45, 2.75) is 37.9 Å². The molecule has 1 saturated carbocycles. The zero-order valence-corrected chi connectivity index (χ0v) is 13.9. The van der Waals surface area contributed by atoms with Crippen LogP contribution in [0.1, 0.15) is 18.9 Å². The second kappa shape index (κ2) is 5.72. The monoisotopic (exact) mass is 348 g/mol. The van der Waals surface area contributed by atoms with E-state index < -0.39 is 24.4 Å². The molecule has 0 bridgehead atoms. The van der Waals surface area contributed by atoms with Gasteiger partial charge >= 0.3 is 0 Å². The first-order valence-corrected chi connectivity index (χ1v) is 8.26. The van der Waals surface area contributed by atoms with Gasteiger partial charge in [0.05, 0.1) is 23.7 Å². The van der Waals surface area contributed by atoms with Gasteiger partial charge in [0.15, 0.2) is 11.5 Å². The number of carbonyl (C=O) groups excluding carboxylic acids is 1. The van der Waals surface area contributed by atoms with Crippen LogP contribution in [0.2, 0.25) is 0 Å². The zero-order valence-electron chi connectivity index (χ0n) is 13.9. The summed E-state index contributed by atoms with van der Waals surface area (Å²) in [5.74, 6) is -1.01. The van der Waals surface area contributed by atoms with Crippen molar-refractivity contribution >= 4 is 11.4 Å². The Labute approximate surface area is 144 Å². The van der Waals surface area contributed by atoms with Gasteiger partial charge < -0.3 is 29.5 Å². The van der Waals surface area contributed by atoms with Crippen molar-refractivity contribution in [3.8, 4) is 11.5 Å². The number of phenols is 1. The minimum Gasteiger partial charge on any atom is -0.508 e. The predicted octanol–water partition coefficient (Wildman–Crippen LogP) is 0.814. The zero-order chi connectivity index (χ0) is 17.9. The number of rotatable bonds is 1. The van der Waals surface area contributed by atoms with E-state index in [0.29, 0.717) is 12.0 Å². The van der Waals surface area contributed by atoms with E-state index in [1.807, 2.05) is 6.92 Å². The van der Waals surface area contributed by atoms with E-state index in [2.05, 4.69) is 0 Å². The quantitative estimate of drug-likeness (QED) is 0.690. The van der Waals surface area contributed by atoms with Crippen molar-refractivity contribution in [2.75, 3.05) is 7.11 Å². The molecule has 0 aromatic heterocycles. The predicted molar refractivity (Wildman–Crippen MR) is 85.6 cm³/mol. The molecule has 4 rings (SSSR count). The van der Waals surface area contributed by atoms with Crippen LogP contribution in [-0.2, 0) is 14.3 Å². The molecule has 6 atom stereocenters. The average molecular weight is 348 g/mol. The van der Waals surface area contributed by atoms with Crippen molar-refractivity contribution in [3.05, 3.63) is 29.5 Å². The molecule has 1 aromatic carbocycles. The minimum atomic E-state index is -1.44. The molecule has 7 heteroatoms. The molecular formula is C18H20O7. The molecule has 0 saturated heterocycles. The van der Waals surface area contributed by atoms with Crippen molar-refractivity contribution in [1.29, 1.82) is 0 Å². The first-order valence-electron chi connectivity index (χ1n) is 8.26. The Morgan fingerprint density at radius 2 is 2.00 bits per heavy atom. The SMILES string of the molecule is COC1CC2OC3=C(C(=O)C2C(O)C1C)c1ccc(O)cc1OC3O. The number of methoxy groups -OCH3 is 1. The van der Waals surface area contributed by atoms with E-state index in [1.165, 1.54) is 12.1 Å². The Bertz CT molecular complexity index is 756. The van der Waals surface area contributed by atoms with Crippen molar-refractivity contribution in [2.24, 2.45) is 11.8 Å². The molecule has 1 fully saturated rings. The number of allylic oxidation sites excluding steroid dienone is 1. The Kier molecular flexibility index (Phi) is 3.75. The van der Waals surface area contributed by atoms with E-state index in [-0.39, 0.29) is 40.6 Å². The Morgan fingerprint density at radius 3 is 2.72 bits per heavy atom. The normalized spacial score (nSPS) is 36.7. The van der Waals surface area contributed by atoms with Crippen LogP contribution in [0.4, 0.5) is 0 Å². The van der Waals surface area contributed by atoms with Gasteiger partial charge in [-0.1, -0.05) is 6.92 Å². The third-order valence-electron chi connectivity index (χ3n) is 5.43. The summed E-state index contributed by atoms with van der Waals surface area (Å²) in [5.41, 5.74) is 0.646. The first-order chi connectivity index (χ1) is 11.9. The van der Waals surface area contributed by atoms with Gasteiger partial charge in [0.2, 0.25) is 0 Å². The highest BCUT2D eigenvalue weighted by molar-refractivity contribution is 6.24. The van der Waals surface area contributed by atoms with E-state index in [1.54, 1.807) is 13.2 Å². The summed E-state index contributed by atoms with van der Waals surface area (Å²) in [6, 6.07) is 4.32. The molecule has 3 aliphatic rings. The lowest BCUT2D eigenvalue weighted by Gasteiger charge is -2.46. The Hall–Kier alpha value is -2.09. The second-order valence-electron chi connectivity index (χ2n) is 6.80. The lowest BCUT2D eigenvalue weighted by atomic mass is 9.70. The number of Topliss-reactive ketones (excluding diaryl/α,β-unsaturated/α-hetero) is 1. The number of carbonyl (C=O) groups is 1. The standard InChI is InChI=1S/C18H20O7/c1-7-10(23-2)6-12-14(15(7)20)16(21)13-9-4-3-8(19)5-11(9)25-18(22)17(13)24-12/h3-5,7,10,12,14-15,18-20,22H,6H2,1-2H3. The van der Waals surface area contributed by atoms with E-state index in [4.69, 9.17) is 14.2 Å². The number of hydrogen-bond acceptors (Lipinski definition) is 7. The van der Waals surface area contributed by atoms with Crippen LogP contribution >= 0.6 is 0 Å². The number of ether oxygens (including phenoxy) is 3. The number of aliphatic hydroxyl groups is 2. The van der Waals surface area contributed by atoms with Crippen LogP contribution in [0, 0.1) is 11.8 Å². The summed E-state index contributed by atoms with van der Waals surface area (Å²) in [5, 5.41) is 30.5. The lowest BCUT2D eigenvalue weighted by molar-refractivity contribution is -0.161. The molecule has 0 amide bonds. The van der Waals surface area contributed by atoms with Crippen LogP contribution in [0.15, 0.2) is 24.0 Å². The van der Waals surface area contributed by atoms with E-state index >= 15 is 0 Å². The molecule has 0 radical (unpaired) electrons. The molecule has 1 aromatic rings. The van der Waals surface area contributed by atoms with Crippen LogP contribution in [0.5, 0.6) is 11.5 Å². The van der Waals surface area contributed by atoms with Crippen LogP contribution in [0.3, 0.4) is 0 Å². The lowest BCUT2D eigenvalue weighted by Crippen LogP contribution is -2.55. The molecule has 1 aliphatic carbocycles. The molecule has 7 nitrogen and oxygen atoms in total. The average Bonchev–Trinajstić information content (AvgIpc) is 2.58. The summed E-state index contributed by atoms with van der Waals surface area (Å²) in [4.78, 5) is 13.2. The first kappa shape index (κ1) is 16.4. The van der Waals surface area contributed by atoms with E-state index in [0.717, 1.165) is 0 Å². The van der Waals surface area contributed by atoms with Gasteiger partial charge in [0, 0.05) is 31.1 Å². The molecular weight excluding hydrogens is 328 g/mol. The maximum Gasteiger partial charge on any atom is 0.257 e. The molecule has 25 heavy (non-hydrogen) atoms. The number of ketones is 1. The summed E-state index contributed by atoms with van der Waals surface area (Å²) in [6.07, 6.45) is -2.73. The smallest absolute Gasteiger partial charge is 0.257 e. The summed E-state index contributed by atoms with van der Waals surface area (Å²) in [7, 11) is 1.56. The summed E-state index contributed by atoms with van der Waals surface area (Å²) < 4.78 is 16.7. The van der Waals surface area contributed by atoms with Gasteiger partial charge in [-0.15, -0.1) is 0 Å². The van der Waals surface area contributed by atoms with Gasteiger partial charge in [0.25, 0.3) is 6.29 Å². The molecule has 134 valence electrons. The van der Waals surface area contributed by atoms with Crippen molar-refractivity contribution in [3.63, 3.8) is 0 Å². The molecule has 2 aliphatic heterocycles. The van der Waals surface area contributed by atoms with Crippen LogP contribution in [0.25, 0.3) is 5.57 Å². The number of benzene rings is 1. The number of aromatic hydroxyl groups is 1. The summed E-state index contributed by atoms with van der Waals surface area (Å²) in [6.45, 7) is 1.84.